The van der Waals surface area contributed by atoms with Gasteiger partial charge in [-0.1, -0.05) is 5.16 Å². The van der Waals surface area contributed by atoms with E-state index >= 15 is 0 Å². The van der Waals surface area contributed by atoms with Crippen LogP contribution in [-0.4, -0.2) is 17.4 Å². The topological polar surface area (TPSA) is 81.5 Å². The van der Waals surface area contributed by atoms with Gasteiger partial charge >= 0.3 is 0 Å². The maximum Gasteiger partial charge on any atom is 0.172 e. The Kier molecular flexibility index (Phi) is 2.97. The van der Waals surface area contributed by atoms with Crippen molar-refractivity contribution in [3.8, 4) is 22.8 Å². The van der Waals surface area contributed by atoms with E-state index in [1.165, 1.54) is 7.11 Å². The molecule has 1 aromatic heterocycles. The first-order valence-corrected chi connectivity index (χ1v) is 5.62. The lowest BCUT2D eigenvalue weighted by Gasteiger charge is -2.11. The van der Waals surface area contributed by atoms with Gasteiger partial charge in [-0.25, -0.2) is 0 Å². The molecule has 2 aromatic rings. The van der Waals surface area contributed by atoms with Crippen LogP contribution in [0.25, 0.3) is 11.3 Å². The number of nitrogens with two attached hydrogens (primary N) is 1. The van der Waals surface area contributed by atoms with Crippen LogP contribution in [0.4, 0.5) is 5.82 Å². The zero-order valence-corrected chi connectivity index (χ0v) is 10.9. The van der Waals surface area contributed by atoms with Gasteiger partial charge in [0.1, 0.15) is 0 Å². The molecule has 1 heterocycles. The van der Waals surface area contributed by atoms with Gasteiger partial charge < -0.3 is 20.1 Å². The first-order chi connectivity index (χ1) is 8.04. The van der Waals surface area contributed by atoms with Gasteiger partial charge in [-0.2, -0.15) is 0 Å². The Hall–Kier alpha value is -1.69. The Morgan fingerprint density at radius 2 is 2.18 bits per heavy atom. The number of hydrogen-bond donors (Lipinski definition) is 2. The van der Waals surface area contributed by atoms with Gasteiger partial charge in [-0.05, 0) is 34.5 Å². The normalized spacial score (nSPS) is 10.5. The summed E-state index contributed by atoms with van der Waals surface area (Å²) in [5.74, 6) is 1.19. The summed E-state index contributed by atoms with van der Waals surface area (Å²) in [7, 11) is 1.49. The molecule has 0 saturated heterocycles. The highest BCUT2D eigenvalue weighted by Crippen LogP contribution is 2.43. The van der Waals surface area contributed by atoms with E-state index < -0.39 is 0 Å². The number of aromatic hydroxyl groups is 1. The van der Waals surface area contributed by atoms with Crippen LogP contribution in [0.1, 0.15) is 5.56 Å². The monoisotopic (exact) mass is 298 g/mol. The van der Waals surface area contributed by atoms with Gasteiger partial charge in [0, 0.05) is 11.6 Å². The fourth-order valence-electron chi connectivity index (χ4n) is 1.60. The highest BCUT2D eigenvalue weighted by Gasteiger charge is 2.18. The Balaban J connectivity index is 2.66. The van der Waals surface area contributed by atoms with Crippen molar-refractivity contribution in [3.05, 3.63) is 22.2 Å². The molecular formula is C11H11BrN2O3. The number of rotatable bonds is 2. The van der Waals surface area contributed by atoms with Crippen LogP contribution in [0.5, 0.6) is 11.5 Å². The Morgan fingerprint density at radius 1 is 1.47 bits per heavy atom. The van der Waals surface area contributed by atoms with Crippen LogP contribution in [0.3, 0.4) is 0 Å². The Bertz CT molecular complexity index is 566. The van der Waals surface area contributed by atoms with E-state index in [9.17, 15) is 5.11 Å². The molecule has 0 bridgehead atoms. The van der Waals surface area contributed by atoms with E-state index in [4.69, 9.17) is 15.0 Å². The van der Waals surface area contributed by atoms with Crippen molar-refractivity contribution in [2.45, 2.75) is 6.92 Å². The molecule has 90 valence electrons. The fourth-order valence-corrected chi connectivity index (χ4v) is 2.31. The third-order valence-corrected chi connectivity index (χ3v) is 3.17. The highest BCUT2D eigenvalue weighted by atomic mass is 79.9. The minimum atomic E-state index is 0.0167. The second kappa shape index (κ2) is 4.29. The zero-order chi connectivity index (χ0) is 12.6. The first-order valence-electron chi connectivity index (χ1n) is 4.83. The minimum absolute atomic E-state index is 0.0167. The lowest BCUT2D eigenvalue weighted by Crippen LogP contribution is -1.90. The van der Waals surface area contributed by atoms with Gasteiger partial charge in [-0.15, -0.1) is 0 Å². The summed E-state index contributed by atoms with van der Waals surface area (Å²) in [5.41, 5.74) is 7.08. The lowest BCUT2D eigenvalue weighted by molar-refractivity contribution is 0.371. The van der Waals surface area contributed by atoms with E-state index in [2.05, 4.69) is 21.1 Å². The number of aryl methyl sites for hydroxylation is 1. The van der Waals surface area contributed by atoms with Crippen molar-refractivity contribution in [1.29, 1.82) is 0 Å². The Morgan fingerprint density at radius 3 is 2.71 bits per heavy atom. The maximum absolute atomic E-state index is 9.91. The number of hydrogen-bond acceptors (Lipinski definition) is 5. The second-order valence-electron chi connectivity index (χ2n) is 3.55. The van der Waals surface area contributed by atoms with Crippen LogP contribution in [-0.2, 0) is 0 Å². The smallest absolute Gasteiger partial charge is 0.172 e. The van der Waals surface area contributed by atoms with Crippen LogP contribution in [0.2, 0.25) is 0 Å². The molecule has 3 N–H and O–H groups in total. The number of anilines is 1. The molecule has 0 spiro atoms. The number of nitrogens with zero attached hydrogens (tertiary/aromatic N) is 1. The van der Waals surface area contributed by atoms with Gasteiger partial charge in [0.2, 0.25) is 0 Å². The summed E-state index contributed by atoms with van der Waals surface area (Å²) in [5, 5.41) is 13.5. The number of phenolic OH excluding ortho intramolecular Hbond substituents is 1. The molecule has 0 radical (unpaired) electrons. The molecule has 0 aliphatic heterocycles. The highest BCUT2D eigenvalue weighted by molar-refractivity contribution is 9.10. The quantitative estimate of drug-likeness (QED) is 0.891. The number of ether oxygens (including phenoxy) is 1. The summed E-state index contributed by atoms with van der Waals surface area (Å²) >= 11 is 3.31. The molecule has 1 aromatic carbocycles. The van der Waals surface area contributed by atoms with E-state index in [1.807, 2.05) is 6.92 Å². The molecule has 0 aliphatic carbocycles. The van der Waals surface area contributed by atoms with Crippen molar-refractivity contribution in [2.24, 2.45) is 0 Å². The molecule has 0 fully saturated rings. The number of benzene rings is 1. The van der Waals surface area contributed by atoms with E-state index in [0.717, 1.165) is 5.56 Å². The second-order valence-corrected chi connectivity index (χ2v) is 4.34. The van der Waals surface area contributed by atoms with E-state index in [-0.39, 0.29) is 5.75 Å². The minimum Gasteiger partial charge on any atom is -0.503 e. The molecular weight excluding hydrogens is 288 g/mol. The van der Waals surface area contributed by atoms with Crippen molar-refractivity contribution in [2.75, 3.05) is 12.8 Å². The molecule has 6 heteroatoms. The third-order valence-electron chi connectivity index (χ3n) is 2.40. The first kappa shape index (κ1) is 11.8. The number of aromatic nitrogens is 1. The summed E-state index contributed by atoms with van der Waals surface area (Å²) in [6, 6.07) is 3.31. The lowest BCUT2D eigenvalue weighted by atomic mass is 10.1. The number of methoxy groups -OCH3 is 1. The van der Waals surface area contributed by atoms with Gasteiger partial charge in [0.05, 0.1) is 11.6 Å². The summed E-state index contributed by atoms with van der Waals surface area (Å²) in [6.07, 6.45) is 0. The molecule has 2 rings (SSSR count). The summed E-state index contributed by atoms with van der Waals surface area (Å²) in [6.45, 7) is 1.88. The average Bonchev–Trinajstić information content (AvgIpc) is 2.70. The van der Waals surface area contributed by atoms with Crippen molar-refractivity contribution in [3.63, 3.8) is 0 Å². The molecule has 0 aliphatic rings. The SMILES string of the molecule is COc1cc(C)c(-c2cc(N)no2)c(Br)c1O. The predicted octanol–water partition coefficient (Wildman–Crippen LogP) is 2.71. The molecule has 17 heavy (non-hydrogen) atoms. The predicted molar refractivity (Wildman–Crippen MR) is 67.0 cm³/mol. The number of phenols is 1. The molecule has 5 nitrogen and oxygen atoms in total. The van der Waals surface area contributed by atoms with Crippen LogP contribution in [0.15, 0.2) is 21.1 Å². The van der Waals surface area contributed by atoms with Crippen LogP contribution in [0, 0.1) is 6.92 Å². The standard InChI is InChI=1S/C11H11BrN2O3/c1-5-3-7(16-2)11(15)10(12)9(5)6-4-8(13)14-17-6/h3-4,15H,1-2H3,(H2,13,14). The molecule has 0 saturated carbocycles. The largest absolute Gasteiger partial charge is 0.503 e. The zero-order valence-electron chi connectivity index (χ0n) is 9.32. The molecule has 0 unspecified atom stereocenters. The molecule has 0 amide bonds. The number of nitrogen functional groups attached to an aromatic ring is 1. The summed E-state index contributed by atoms with van der Waals surface area (Å²) in [4.78, 5) is 0. The van der Waals surface area contributed by atoms with Crippen LogP contribution < -0.4 is 10.5 Å². The van der Waals surface area contributed by atoms with Crippen molar-refractivity contribution < 1.29 is 14.4 Å². The van der Waals surface area contributed by atoms with Crippen molar-refractivity contribution >= 4 is 21.7 Å². The maximum atomic E-state index is 9.91. The number of halogens is 1. The van der Waals surface area contributed by atoms with Gasteiger partial charge in [-0.3, -0.25) is 0 Å². The Labute approximate surface area is 106 Å². The van der Waals surface area contributed by atoms with Gasteiger partial charge in [0.15, 0.2) is 23.1 Å². The van der Waals surface area contributed by atoms with Gasteiger partial charge in [0.25, 0.3) is 0 Å². The van der Waals surface area contributed by atoms with E-state index in [1.54, 1.807) is 12.1 Å². The van der Waals surface area contributed by atoms with E-state index in [0.29, 0.717) is 27.4 Å². The van der Waals surface area contributed by atoms with Crippen LogP contribution >= 0.6 is 15.9 Å². The fraction of sp³-hybridized carbons (Fsp3) is 0.182. The summed E-state index contributed by atoms with van der Waals surface area (Å²) < 4.78 is 10.6. The average molecular weight is 299 g/mol. The van der Waals surface area contributed by atoms with Crippen molar-refractivity contribution in [1.82, 2.24) is 5.16 Å². The molecule has 0 atom stereocenters. The third kappa shape index (κ3) is 1.95.